The van der Waals surface area contributed by atoms with Gasteiger partial charge in [0.05, 0.1) is 12.3 Å². The zero-order chi connectivity index (χ0) is 15.3. The average molecular weight is 296 g/mol. The fourth-order valence-electron chi connectivity index (χ4n) is 1.72. The van der Waals surface area contributed by atoms with Gasteiger partial charge in [0, 0.05) is 4.90 Å². The third-order valence-corrected chi connectivity index (χ3v) is 3.33. The molecule has 0 fully saturated rings. The van der Waals surface area contributed by atoms with Crippen molar-refractivity contribution in [2.45, 2.75) is 43.6 Å². The molecule has 1 atom stereocenters. The highest BCUT2D eigenvalue weighted by Gasteiger charge is 2.28. The van der Waals surface area contributed by atoms with E-state index in [0.29, 0.717) is 5.56 Å². The fourth-order valence-corrected chi connectivity index (χ4v) is 2.13. The summed E-state index contributed by atoms with van der Waals surface area (Å²) in [4.78, 5) is 24.2. The number of rotatable bonds is 5. The maximum Gasteiger partial charge on any atom is 0.314 e. The first-order valence-corrected chi connectivity index (χ1v) is 7.54. The third kappa shape index (κ3) is 5.25. The van der Waals surface area contributed by atoms with Crippen LogP contribution in [0.25, 0.3) is 0 Å². The Labute approximate surface area is 123 Å². The summed E-state index contributed by atoms with van der Waals surface area (Å²) in [5.41, 5.74) is 0.0343. The number of benzene rings is 1. The van der Waals surface area contributed by atoms with Gasteiger partial charge in [-0.1, -0.05) is 12.1 Å². The Morgan fingerprint density at radius 2 is 1.80 bits per heavy atom. The van der Waals surface area contributed by atoms with E-state index in [9.17, 15) is 9.59 Å². The summed E-state index contributed by atoms with van der Waals surface area (Å²) < 4.78 is 5.30. The van der Waals surface area contributed by atoms with Crippen LogP contribution in [0.5, 0.6) is 0 Å². The van der Waals surface area contributed by atoms with E-state index < -0.39 is 23.5 Å². The van der Waals surface area contributed by atoms with Crippen LogP contribution in [0.1, 0.15) is 38.7 Å². The lowest BCUT2D eigenvalue weighted by atomic mass is 9.95. The summed E-state index contributed by atoms with van der Waals surface area (Å²) >= 11 is 1.59. The molecule has 1 aromatic rings. The molecule has 1 aromatic carbocycles. The molecule has 0 unspecified atom stereocenters. The fraction of sp³-hybridized carbons (Fsp3) is 0.467. The Morgan fingerprint density at radius 1 is 1.25 bits per heavy atom. The minimum Gasteiger partial charge on any atom is -0.481 e. The standard InChI is InChI=1S/C15H20O4S/c1-15(2,3)19-14(18)12(9-13(16)17)10-5-7-11(20-4)8-6-10/h5-8,12H,9H2,1-4H3,(H,16,17)/t12-/m1/s1. The number of carbonyl (C=O) groups excluding carboxylic acids is 1. The van der Waals surface area contributed by atoms with Gasteiger partial charge in [-0.15, -0.1) is 11.8 Å². The highest BCUT2D eigenvalue weighted by molar-refractivity contribution is 7.98. The highest BCUT2D eigenvalue weighted by Crippen LogP contribution is 2.26. The molecule has 0 aliphatic heterocycles. The van der Waals surface area contributed by atoms with Crippen molar-refractivity contribution in [3.05, 3.63) is 29.8 Å². The zero-order valence-electron chi connectivity index (χ0n) is 12.2. The van der Waals surface area contributed by atoms with E-state index in [-0.39, 0.29) is 6.42 Å². The second-order valence-corrected chi connectivity index (χ2v) is 6.34. The van der Waals surface area contributed by atoms with Gasteiger partial charge in [-0.25, -0.2) is 0 Å². The van der Waals surface area contributed by atoms with E-state index in [1.54, 1.807) is 44.7 Å². The van der Waals surface area contributed by atoms with Crippen LogP contribution in [0.4, 0.5) is 0 Å². The minimum absolute atomic E-state index is 0.270. The third-order valence-electron chi connectivity index (χ3n) is 2.59. The first-order valence-electron chi connectivity index (χ1n) is 6.31. The van der Waals surface area contributed by atoms with Crippen molar-refractivity contribution in [3.63, 3.8) is 0 Å². The van der Waals surface area contributed by atoms with Crippen LogP contribution in [-0.4, -0.2) is 28.9 Å². The number of ether oxygens (including phenoxy) is 1. The molecule has 1 N–H and O–H groups in total. The smallest absolute Gasteiger partial charge is 0.314 e. The predicted molar refractivity (Wildman–Crippen MR) is 79.1 cm³/mol. The van der Waals surface area contributed by atoms with E-state index in [0.717, 1.165) is 4.90 Å². The van der Waals surface area contributed by atoms with Crippen molar-refractivity contribution in [1.29, 1.82) is 0 Å². The minimum atomic E-state index is -1.02. The lowest BCUT2D eigenvalue weighted by molar-refractivity contribution is -0.159. The molecule has 110 valence electrons. The molecule has 0 aliphatic rings. The summed E-state index contributed by atoms with van der Waals surface area (Å²) in [6.45, 7) is 5.29. The monoisotopic (exact) mass is 296 g/mol. The first-order chi connectivity index (χ1) is 9.23. The SMILES string of the molecule is CSc1ccc([C@@H](CC(=O)O)C(=O)OC(C)(C)C)cc1. The maximum atomic E-state index is 12.2. The summed E-state index contributed by atoms with van der Waals surface area (Å²) in [7, 11) is 0. The van der Waals surface area contributed by atoms with Crippen molar-refractivity contribution in [1.82, 2.24) is 0 Å². The topological polar surface area (TPSA) is 63.6 Å². The number of carboxylic acids is 1. The molecular weight excluding hydrogens is 276 g/mol. The van der Waals surface area contributed by atoms with Crippen molar-refractivity contribution >= 4 is 23.7 Å². The molecule has 0 spiro atoms. The molecule has 4 nitrogen and oxygen atoms in total. The molecule has 0 bridgehead atoms. The Bertz CT molecular complexity index is 474. The van der Waals surface area contributed by atoms with Crippen LogP contribution < -0.4 is 0 Å². The number of carbonyl (C=O) groups is 2. The first kappa shape index (κ1) is 16.6. The molecule has 0 saturated carbocycles. The molecule has 0 aliphatic carbocycles. The van der Waals surface area contributed by atoms with E-state index in [1.165, 1.54) is 0 Å². The second kappa shape index (κ2) is 6.79. The summed E-state index contributed by atoms with van der Waals surface area (Å²) in [5, 5.41) is 8.98. The number of hydrogen-bond donors (Lipinski definition) is 1. The largest absolute Gasteiger partial charge is 0.481 e. The van der Waals surface area contributed by atoms with Gasteiger partial charge in [0.1, 0.15) is 5.60 Å². The lowest BCUT2D eigenvalue weighted by Gasteiger charge is -2.23. The number of hydrogen-bond acceptors (Lipinski definition) is 4. The number of aliphatic carboxylic acids is 1. The van der Waals surface area contributed by atoms with Gasteiger partial charge in [-0.2, -0.15) is 0 Å². The van der Waals surface area contributed by atoms with Crippen molar-refractivity contribution < 1.29 is 19.4 Å². The normalized spacial score (nSPS) is 12.8. The Hall–Kier alpha value is -1.49. The molecule has 20 heavy (non-hydrogen) atoms. The quantitative estimate of drug-likeness (QED) is 0.667. The van der Waals surface area contributed by atoms with Crippen molar-refractivity contribution in [2.75, 3.05) is 6.26 Å². The van der Waals surface area contributed by atoms with Crippen LogP contribution >= 0.6 is 11.8 Å². The van der Waals surface area contributed by atoms with Crippen LogP contribution in [0.2, 0.25) is 0 Å². The Morgan fingerprint density at radius 3 is 2.20 bits per heavy atom. The number of carboxylic acid groups (broad SMARTS) is 1. The lowest BCUT2D eigenvalue weighted by Crippen LogP contribution is -2.28. The van der Waals surface area contributed by atoms with Crippen LogP contribution in [0, 0.1) is 0 Å². The summed E-state index contributed by atoms with van der Waals surface area (Å²) in [5.74, 6) is -2.30. The van der Waals surface area contributed by atoms with E-state index in [1.807, 2.05) is 18.4 Å². The molecular formula is C15H20O4S. The molecule has 0 radical (unpaired) electrons. The molecule has 0 heterocycles. The van der Waals surface area contributed by atoms with E-state index in [4.69, 9.17) is 9.84 Å². The van der Waals surface area contributed by atoms with Crippen LogP contribution in [0.3, 0.4) is 0 Å². The predicted octanol–water partition coefficient (Wildman–Crippen LogP) is 3.31. The Balaban J connectivity index is 2.98. The summed E-state index contributed by atoms with van der Waals surface area (Å²) in [6, 6.07) is 7.31. The highest BCUT2D eigenvalue weighted by atomic mass is 32.2. The van der Waals surface area contributed by atoms with Gasteiger partial charge < -0.3 is 9.84 Å². The molecule has 1 rings (SSSR count). The Kier molecular flexibility index (Phi) is 5.62. The van der Waals surface area contributed by atoms with Gasteiger partial charge in [-0.05, 0) is 44.7 Å². The molecule has 0 amide bonds. The van der Waals surface area contributed by atoms with Crippen LogP contribution in [-0.2, 0) is 14.3 Å². The molecule has 5 heteroatoms. The van der Waals surface area contributed by atoms with Crippen molar-refractivity contribution in [3.8, 4) is 0 Å². The maximum absolute atomic E-state index is 12.2. The zero-order valence-corrected chi connectivity index (χ0v) is 13.0. The van der Waals surface area contributed by atoms with Crippen LogP contribution in [0.15, 0.2) is 29.2 Å². The number of esters is 1. The molecule has 0 saturated heterocycles. The van der Waals surface area contributed by atoms with Gasteiger partial charge in [-0.3, -0.25) is 9.59 Å². The van der Waals surface area contributed by atoms with Gasteiger partial charge in [0.2, 0.25) is 0 Å². The van der Waals surface area contributed by atoms with E-state index in [2.05, 4.69) is 0 Å². The molecule has 0 aromatic heterocycles. The number of thioether (sulfide) groups is 1. The van der Waals surface area contributed by atoms with Gasteiger partial charge >= 0.3 is 11.9 Å². The van der Waals surface area contributed by atoms with E-state index >= 15 is 0 Å². The van der Waals surface area contributed by atoms with Gasteiger partial charge in [0.25, 0.3) is 0 Å². The van der Waals surface area contributed by atoms with Gasteiger partial charge in [0.15, 0.2) is 0 Å². The summed E-state index contributed by atoms with van der Waals surface area (Å²) in [6.07, 6.45) is 1.69. The average Bonchev–Trinajstić information content (AvgIpc) is 2.34. The second-order valence-electron chi connectivity index (χ2n) is 5.46. The van der Waals surface area contributed by atoms with Crippen molar-refractivity contribution in [2.24, 2.45) is 0 Å².